The third-order valence-corrected chi connectivity index (χ3v) is 2.41. The van der Waals surface area contributed by atoms with E-state index in [1.165, 1.54) is 5.56 Å². The molecule has 4 N–H and O–H groups in total. The number of nitrogens with one attached hydrogen (secondary N) is 2. The molecule has 0 aliphatic rings. The summed E-state index contributed by atoms with van der Waals surface area (Å²) in [6, 6.07) is 2.11. The van der Waals surface area contributed by atoms with Crippen LogP contribution in [-0.2, 0) is 6.42 Å². The minimum absolute atomic E-state index is 0.206. The van der Waals surface area contributed by atoms with Crippen molar-refractivity contribution in [1.29, 1.82) is 0 Å². The van der Waals surface area contributed by atoms with E-state index in [-0.39, 0.29) is 5.41 Å². The quantitative estimate of drug-likeness (QED) is 0.596. The summed E-state index contributed by atoms with van der Waals surface area (Å²) in [5.41, 5.74) is 7.19. The first-order valence-corrected chi connectivity index (χ1v) is 5.16. The number of hydrogen-bond donors (Lipinski definition) is 3. The zero-order valence-corrected chi connectivity index (χ0v) is 9.14. The topological polar surface area (TPSA) is 53.8 Å². The lowest BCUT2D eigenvalue weighted by atomic mass is 9.94. The summed E-state index contributed by atoms with van der Waals surface area (Å²) in [7, 11) is 0. The van der Waals surface area contributed by atoms with Gasteiger partial charge in [0.15, 0.2) is 0 Å². The first-order valence-electron chi connectivity index (χ1n) is 5.16. The van der Waals surface area contributed by atoms with Crippen LogP contribution in [0.1, 0.15) is 19.4 Å². The first-order chi connectivity index (χ1) is 6.64. The summed E-state index contributed by atoms with van der Waals surface area (Å²) in [6.45, 7) is 7.08. The Morgan fingerprint density at radius 1 is 1.50 bits per heavy atom. The van der Waals surface area contributed by atoms with E-state index in [1.54, 1.807) is 0 Å². The van der Waals surface area contributed by atoms with Crippen molar-refractivity contribution in [3.63, 3.8) is 0 Å². The number of aromatic amines is 1. The molecule has 1 aromatic heterocycles. The molecule has 0 aliphatic carbocycles. The average molecular weight is 195 g/mol. The Kier molecular flexibility index (Phi) is 4.17. The van der Waals surface area contributed by atoms with Gasteiger partial charge in [0.1, 0.15) is 0 Å². The van der Waals surface area contributed by atoms with Crippen LogP contribution in [0.3, 0.4) is 0 Å². The molecule has 80 valence electrons. The average Bonchev–Trinajstić information content (AvgIpc) is 2.65. The second-order valence-electron chi connectivity index (χ2n) is 4.51. The Morgan fingerprint density at radius 2 is 2.29 bits per heavy atom. The molecule has 0 unspecified atom stereocenters. The second-order valence-corrected chi connectivity index (χ2v) is 4.51. The molecule has 0 bridgehead atoms. The lowest BCUT2D eigenvalue weighted by molar-refractivity contribution is 0.353. The summed E-state index contributed by atoms with van der Waals surface area (Å²) in [5, 5.41) is 3.42. The zero-order valence-electron chi connectivity index (χ0n) is 9.14. The van der Waals surface area contributed by atoms with Gasteiger partial charge in [-0.25, -0.2) is 0 Å². The van der Waals surface area contributed by atoms with Gasteiger partial charge in [-0.15, -0.1) is 0 Å². The fraction of sp³-hybridized carbons (Fsp3) is 0.636. The third-order valence-electron chi connectivity index (χ3n) is 2.41. The van der Waals surface area contributed by atoms with Crippen molar-refractivity contribution in [2.24, 2.45) is 11.1 Å². The van der Waals surface area contributed by atoms with Crippen LogP contribution in [0, 0.1) is 5.41 Å². The Hall–Kier alpha value is -0.800. The standard InChI is InChI=1S/C11H21N3/c1-11(2,8-12)9-14-6-4-10-3-5-13-7-10/h3,5,7,13-14H,4,6,8-9,12H2,1-2H3. The molecule has 0 fully saturated rings. The molecule has 0 amide bonds. The smallest absolute Gasteiger partial charge is 0.00378 e. The van der Waals surface area contributed by atoms with Crippen LogP contribution in [0.2, 0.25) is 0 Å². The number of aromatic nitrogens is 1. The number of rotatable bonds is 6. The monoisotopic (exact) mass is 195 g/mol. The van der Waals surface area contributed by atoms with Crippen LogP contribution in [0.25, 0.3) is 0 Å². The summed E-state index contributed by atoms with van der Waals surface area (Å²) in [4.78, 5) is 3.05. The molecule has 3 heteroatoms. The normalized spacial score (nSPS) is 11.9. The van der Waals surface area contributed by atoms with Gasteiger partial charge in [-0.1, -0.05) is 13.8 Å². The summed E-state index contributed by atoms with van der Waals surface area (Å²) >= 11 is 0. The lowest BCUT2D eigenvalue weighted by Gasteiger charge is -2.22. The minimum Gasteiger partial charge on any atom is -0.367 e. The second kappa shape index (κ2) is 5.17. The summed E-state index contributed by atoms with van der Waals surface area (Å²) < 4.78 is 0. The molecule has 1 heterocycles. The van der Waals surface area contributed by atoms with Gasteiger partial charge in [-0.3, -0.25) is 0 Å². The van der Waals surface area contributed by atoms with Gasteiger partial charge in [0.25, 0.3) is 0 Å². The van der Waals surface area contributed by atoms with Crippen molar-refractivity contribution in [3.05, 3.63) is 24.0 Å². The number of nitrogens with two attached hydrogens (primary N) is 1. The Bertz CT molecular complexity index is 239. The SMILES string of the molecule is CC(C)(CN)CNCCc1cc[nH]c1. The largest absolute Gasteiger partial charge is 0.367 e. The predicted octanol–water partition coefficient (Wildman–Crippen LogP) is 1.13. The maximum Gasteiger partial charge on any atom is 0.00378 e. The van der Waals surface area contributed by atoms with Crippen molar-refractivity contribution in [2.45, 2.75) is 20.3 Å². The fourth-order valence-electron chi connectivity index (χ4n) is 1.25. The van der Waals surface area contributed by atoms with Gasteiger partial charge in [0.05, 0.1) is 0 Å². The van der Waals surface area contributed by atoms with E-state index < -0.39 is 0 Å². The highest BCUT2D eigenvalue weighted by Gasteiger charge is 2.13. The van der Waals surface area contributed by atoms with Crippen molar-refractivity contribution in [1.82, 2.24) is 10.3 Å². The van der Waals surface area contributed by atoms with Crippen molar-refractivity contribution in [2.75, 3.05) is 19.6 Å². The molecule has 0 radical (unpaired) electrons. The molecule has 0 aliphatic heterocycles. The molecule has 0 aromatic carbocycles. The minimum atomic E-state index is 0.206. The van der Waals surface area contributed by atoms with Crippen LogP contribution in [0.4, 0.5) is 0 Å². The van der Waals surface area contributed by atoms with Crippen molar-refractivity contribution >= 4 is 0 Å². The highest BCUT2D eigenvalue weighted by atomic mass is 14.9. The Morgan fingerprint density at radius 3 is 2.86 bits per heavy atom. The van der Waals surface area contributed by atoms with Gasteiger partial charge in [-0.2, -0.15) is 0 Å². The lowest BCUT2D eigenvalue weighted by Crippen LogP contribution is -2.36. The molecule has 1 rings (SSSR count). The van der Waals surface area contributed by atoms with Crippen molar-refractivity contribution in [3.8, 4) is 0 Å². The highest BCUT2D eigenvalue weighted by Crippen LogP contribution is 2.09. The third kappa shape index (κ3) is 3.94. The molecule has 0 saturated heterocycles. The van der Waals surface area contributed by atoms with Gasteiger partial charge < -0.3 is 16.0 Å². The van der Waals surface area contributed by atoms with Crippen molar-refractivity contribution < 1.29 is 0 Å². The molecule has 3 nitrogen and oxygen atoms in total. The summed E-state index contributed by atoms with van der Waals surface area (Å²) in [6.07, 6.45) is 5.07. The Labute approximate surface area is 86.1 Å². The molecular weight excluding hydrogens is 174 g/mol. The van der Waals surface area contributed by atoms with Crippen LogP contribution in [-0.4, -0.2) is 24.6 Å². The maximum atomic E-state index is 5.64. The zero-order chi connectivity index (χ0) is 10.4. The molecule has 0 saturated carbocycles. The highest BCUT2D eigenvalue weighted by molar-refractivity contribution is 5.08. The molecule has 0 atom stereocenters. The summed E-state index contributed by atoms with van der Waals surface area (Å²) in [5.74, 6) is 0. The predicted molar refractivity (Wildman–Crippen MR) is 60.2 cm³/mol. The van der Waals surface area contributed by atoms with Gasteiger partial charge in [0, 0.05) is 18.9 Å². The van der Waals surface area contributed by atoms with Crippen LogP contribution < -0.4 is 11.1 Å². The van der Waals surface area contributed by atoms with E-state index in [2.05, 4.69) is 30.2 Å². The number of hydrogen-bond acceptors (Lipinski definition) is 2. The molecular formula is C11H21N3. The van der Waals surface area contributed by atoms with Gasteiger partial charge in [0.2, 0.25) is 0 Å². The van der Waals surface area contributed by atoms with Crippen LogP contribution >= 0.6 is 0 Å². The molecule has 1 aromatic rings. The Balaban J connectivity index is 2.11. The van der Waals surface area contributed by atoms with E-state index in [9.17, 15) is 0 Å². The van der Waals surface area contributed by atoms with Crippen LogP contribution in [0.15, 0.2) is 18.5 Å². The van der Waals surface area contributed by atoms with Gasteiger partial charge in [-0.05, 0) is 36.6 Å². The fourth-order valence-corrected chi connectivity index (χ4v) is 1.25. The van der Waals surface area contributed by atoms with E-state index in [1.807, 2.05) is 12.4 Å². The van der Waals surface area contributed by atoms with Crippen LogP contribution in [0.5, 0.6) is 0 Å². The van der Waals surface area contributed by atoms with Gasteiger partial charge >= 0.3 is 0 Å². The van der Waals surface area contributed by atoms with E-state index in [0.29, 0.717) is 0 Å². The molecule has 14 heavy (non-hydrogen) atoms. The van der Waals surface area contributed by atoms with E-state index in [0.717, 1.165) is 26.1 Å². The number of H-pyrrole nitrogens is 1. The van der Waals surface area contributed by atoms with E-state index in [4.69, 9.17) is 5.73 Å². The maximum absolute atomic E-state index is 5.64. The first kappa shape index (κ1) is 11.3. The molecule has 0 spiro atoms. The van der Waals surface area contributed by atoms with E-state index >= 15 is 0 Å².